The van der Waals surface area contributed by atoms with Crippen molar-refractivity contribution < 1.29 is 14.3 Å². The van der Waals surface area contributed by atoms with Crippen LogP contribution in [0.4, 0.5) is 0 Å². The molecule has 1 heterocycles. The van der Waals surface area contributed by atoms with E-state index in [1.54, 1.807) is 19.1 Å². The van der Waals surface area contributed by atoms with Gasteiger partial charge in [-0.15, -0.1) is 0 Å². The van der Waals surface area contributed by atoms with Crippen LogP contribution in [0.1, 0.15) is 16.2 Å². The Kier molecular flexibility index (Phi) is 5.51. The second kappa shape index (κ2) is 6.90. The standard InChI is InChI=1S/C12H13BrN2O3/c1-8-5-6-9(13)11(15-8)12(17)14-7-3-4-10(16)18-2/h3-6H,7H2,1-2H3,(H,14,17)/b4-3+. The molecule has 0 saturated heterocycles. The van der Waals surface area contributed by atoms with Gasteiger partial charge in [-0.2, -0.15) is 0 Å². The van der Waals surface area contributed by atoms with Crippen molar-refractivity contribution in [2.24, 2.45) is 0 Å². The molecule has 5 nitrogen and oxygen atoms in total. The Morgan fingerprint density at radius 1 is 1.50 bits per heavy atom. The molecule has 1 aromatic heterocycles. The molecule has 0 spiro atoms. The Morgan fingerprint density at radius 3 is 2.89 bits per heavy atom. The predicted molar refractivity (Wildman–Crippen MR) is 70.2 cm³/mol. The molecule has 0 saturated carbocycles. The van der Waals surface area contributed by atoms with Crippen LogP contribution in [0.5, 0.6) is 0 Å². The summed E-state index contributed by atoms with van der Waals surface area (Å²) in [5, 5.41) is 2.62. The van der Waals surface area contributed by atoms with Crippen LogP contribution in [-0.4, -0.2) is 30.5 Å². The number of rotatable bonds is 4. The first-order chi connectivity index (χ1) is 8.54. The topological polar surface area (TPSA) is 68.3 Å². The molecule has 0 atom stereocenters. The number of ether oxygens (including phenoxy) is 1. The number of aryl methyl sites for hydroxylation is 1. The maximum atomic E-state index is 11.8. The van der Waals surface area contributed by atoms with E-state index in [-0.39, 0.29) is 12.5 Å². The summed E-state index contributed by atoms with van der Waals surface area (Å²) >= 11 is 3.26. The Balaban J connectivity index is 2.58. The first-order valence-electron chi connectivity index (χ1n) is 5.20. The van der Waals surface area contributed by atoms with Gasteiger partial charge in [0, 0.05) is 22.8 Å². The van der Waals surface area contributed by atoms with Gasteiger partial charge in [0.05, 0.1) is 7.11 Å². The van der Waals surface area contributed by atoms with Crippen LogP contribution < -0.4 is 5.32 Å². The largest absolute Gasteiger partial charge is 0.466 e. The van der Waals surface area contributed by atoms with Crippen LogP contribution in [0.3, 0.4) is 0 Å². The fourth-order valence-corrected chi connectivity index (χ4v) is 1.56. The van der Waals surface area contributed by atoms with Crippen molar-refractivity contribution >= 4 is 27.8 Å². The minimum absolute atomic E-state index is 0.232. The van der Waals surface area contributed by atoms with E-state index < -0.39 is 5.97 Å². The van der Waals surface area contributed by atoms with E-state index in [1.165, 1.54) is 19.3 Å². The Bertz CT molecular complexity index is 486. The number of esters is 1. The van der Waals surface area contributed by atoms with Crippen molar-refractivity contribution in [3.8, 4) is 0 Å². The zero-order valence-corrected chi connectivity index (χ0v) is 11.7. The van der Waals surface area contributed by atoms with Gasteiger partial charge in [0.1, 0.15) is 5.69 Å². The summed E-state index contributed by atoms with van der Waals surface area (Å²) in [5.74, 6) is -0.765. The highest BCUT2D eigenvalue weighted by atomic mass is 79.9. The van der Waals surface area contributed by atoms with Crippen LogP contribution in [0, 0.1) is 6.92 Å². The molecule has 1 rings (SSSR count). The molecule has 6 heteroatoms. The summed E-state index contributed by atoms with van der Waals surface area (Å²) < 4.78 is 5.05. The molecule has 0 fully saturated rings. The van der Waals surface area contributed by atoms with Crippen LogP contribution in [0.15, 0.2) is 28.8 Å². The molecule has 1 aromatic rings. The molecule has 96 valence electrons. The summed E-state index contributed by atoms with van der Waals surface area (Å²) in [5.41, 5.74) is 1.08. The number of carbonyl (C=O) groups is 2. The van der Waals surface area contributed by atoms with Crippen LogP contribution in [0.25, 0.3) is 0 Å². The highest BCUT2D eigenvalue weighted by Gasteiger charge is 2.10. The van der Waals surface area contributed by atoms with Crippen LogP contribution in [0.2, 0.25) is 0 Å². The molecule has 0 unspecified atom stereocenters. The third kappa shape index (κ3) is 4.29. The van der Waals surface area contributed by atoms with Crippen molar-refractivity contribution in [2.45, 2.75) is 6.92 Å². The van der Waals surface area contributed by atoms with E-state index in [9.17, 15) is 9.59 Å². The zero-order chi connectivity index (χ0) is 13.5. The van der Waals surface area contributed by atoms with Crippen molar-refractivity contribution in [1.29, 1.82) is 0 Å². The van der Waals surface area contributed by atoms with Gasteiger partial charge in [0.15, 0.2) is 0 Å². The molecule has 0 aliphatic carbocycles. The minimum Gasteiger partial charge on any atom is -0.466 e. The van der Waals surface area contributed by atoms with Gasteiger partial charge in [-0.1, -0.05) is 6.08 Å². The molecular weight excluding hydrogens is 300 g/mol. The quantitative estimate of drug-likeness (QED) is 0.677. The lowest BCUT2D eigenvalue weighted by atomic mass is 10.3. The number of aromatic nitrogens is 1. The average Bonchev–Trinajstić information content (AvgIpc) is 2.36. The van der Waals surface area contributed by atoms with E-state index in [1.807, 2.05) is 0 Å². The monoisotopic (exact) mass is 312 g/mol. The molecule has 0 aromatic carbocycles. The van der Waals surface area contributed by atoms with Gasteiger partial charge < -0.3 is 10.1 Å². The summed E-state index contributed by atoms with van der Waals surface area (Å²) in [6.07, 6.45) is 2.76. The average molecular weight is 313 g/mol. The third-order valence-corrected chi connectivity index (χ3v) is 2.68. The second-order valence-corrected chi connectivity index (χ2v) is 4.27. The fraction of sp³-hybridized carbons (Fsp3) is 0.250. The number of carbonyl (C=O) groups excluding carboxylic acids is 2. The second-order valence-electron chi connectivity index (χ2n) is 3.42. The zero-order valence-electron chi connectivity index (χ0n) is 10.1. The highest BCUT2D eigenvalue weighted by molar-refractivity contribution is 9.10. The lowest BCUT2D eigenvalue weighted by molar-refractivity contribution is -0.134. The molecule has 1 amide bonds. The van der Waals surface area contributed by atoms with Crippen LogP contribution in [-0.2, 0) is 9.53 Å². The minimum atomic E-state index is -0.459. The summed E-state index contributed by atoms with van der Waals surface area (Å²) in [7, 11) is 1.29. The fourth-order valence-electron chi connectivity index (χ4n) is 1.16. The van der Waals surface area contributed by atoms with E-state index >= 15 is 0 Å². The number of nitrogens with zero attached hydrogens (tertiary/aromatic N) is 1. The SMILES string of the molecule is COC(=O)/C=C/CNC(=O)c1nc(C)ccc1Br. The van der Waals surface area contributed by atoms with Gasteiger partial charge >= 0.3 is 5.97 Å². The summed E-state index contributed by atoms with van der Waals surface area (Å²) in [6, 6.07) is 3.57. The number of hydrogen-bond acceptors (Lipinski definition) is 4. The molecule has 0 aliphatic rings. The van der Waals surface area contributed by atoms with E-state index in [0.29, 0.717) is 10.2 Å². The molecule has 0 radical (unpaired) electrons. The van der Waals surface area contributed by atoms with Gasteiger partial charge in [0.25, 0.3) is 5.91 Å². The highest BCUT2D eigenvalue weighted by Crippen LogP contribution is 2.14. The molecular formula is C12H13BrN2O3. The molecule has 18 heavy (non-hydrogen) atoms. The Morgan fingerprint density at radius 2 is 2.22 bits per heavy atom. The smallest absolute Gasteiger partial charge is 0.330 e. The van der Waals surface area contributed by atoms with Crippen molar-refractivity contribution in [1.82, 2.24) is 10.3 Å². The first kappa shape index (κ1) is 14.4. The lowest BCUT2D eigenvalue weighted by Crippen LogP contribution is -2.25. The number of amides is 1. The predicted octanol–water partition coefficient (Wildman–Crippen LogP) is 1.61. The Labute approximate surface area is 113 Å². The third-order valence-electron chi connectivity index (χ3n) is 2.04. The number of nitrogens with one attached hydrogen (secondary N) is 1. The number of pyridine rings is 1. The normalized spacial score (nSPS) is 10.4. The first-order valence-corrected chi connectivity index (χ1v) is 5.99. The number of methoxy groups -OCH3 is 1. The number of halogens is 1. The van der Waals surface area contributed by atoms with Crippen molar-refractivity contribution in [3.63, 3.8) is 0 Å². The van der Waals surface area contributed by atoms with Crippen molar-refractivity contribution in [2.75, 3.05) is 13.7 Å². The maximum Gasteiger partial charge on any atom is 0.330 e. The van der Waals surface area contributed by atoms with Crippen molar-refractivity contribution in [3.05, 3.63) is 40.1 Å². The van der Waals surface area contributed by atoms with Gasteiger partial charge in [0.2, 0.25) is 0 Å². The van der Waals surface area contributed by atoms with Crippen LogP contribution >= 0.6 is 15.9 Å². The molecule has 0 aliphatic heterocycles. The van der Waals surface area contributed by atoms with E-state index in [2.05, 4.69) is 31.0 Å². The molecule has 0 bridgehead atoms. The summed E-state index contributed by atoms with van der Waals surface area (Å²) in [6.45, 7) is 2.04. The van der Waals surface area contributed by atoms with E-state index in [0.717, 1.165) is 5.69 Å². The summed E-state index contributed by atoms with van der Waals surface area (Å²) in [4.78, 5) is 26.7. The van der Waals surface area contributed by atoms with Gasteiger partial charge in [-0.05, 0) is 35.0 Å². The maximum absolute atomic E-state index is 11.8. The van der Waals surface area contributed by atoms with Gasteiger partial charge in [-0.3, -0.25) is 4.79 Å². The Hall–Kier alpha value is -1.69. The van der Waals surface area contributed by atoms with E-state index in [4.69, 9.17) is 0 Å². The number of hydrogen-bond donors (Lipinski definition) is 1. The lowest BCUT2D eigenvalue weighted by Gasteiger charge is -2.04. The van der Waals surface area contributed by atoms with Gasteiger partial charge in [-0.25, -0.2) is 9.78 Å². The molecule has 1 N–H and O–H groups in total.